The Labute approximate surface area is 101 Å². The molecule has 0 aliphatic carbocycles. The molecule has 0 amide bonds. The molecule has 1 aromatic carbocycles. The number of rotatable bonds is 2. The minimum absolute atomic E-state index is 0.265. The van der Waals surface area contributed by atoms with Crippen LogP contribution in [0.3, 0.4) is 0 Å². The van der Waals surface area contributed by atoms with Gasteiger partial charge in [0.05, 0.1) is 0 Å². The molecular weight excluding hydrogens is 220 g/mol. The topological polar surface area (TPSA) is 12.0 Å². The van der Waals surface area contributed by atoms with E-state index in [2.05, 4.69) is 19.2 Å². The molecule has 3 heteroatoms. The Hall–Kier alpha value is -0.960. The van der Waals surface area contributed by atoms with Crippen LogP contribution in [0.2, 0.25) is 0 Å². The van der Waals surface area contributed by atoms with Crippen LogP contribution in [0.1, 0.15) is 31.7 Å². The standard InChI is InChI=1S/C14H19F2N/c1-9(2)14-8-17-4-3-13(14)10-5-11(15)7-12(16)6-10/h5-7,9,13-14,17H,3-4,8H2,1-2H3. The maximum atomic E-state index is 13.3. The third-order valence-corrected chi connectivity index (χ3v) is 3.70. The van der Waals surface area contributed by atoms with Crippen LogP contribution in [0.5, 0.6) is 0 Å². The number of hydrogen-bond acceptors (Lipinski definition) is 1. The fourth-order valence-corrected chi connectivity index (χ4v) is 2.79. The van der Waals surface area contributed by atoms with Crippen LogP contribution in [-0.4, -0.2) is 13.1 Å². The van der Waals surface area contributed by atoms with E-state index >= 15 is 0 Å². The van der Waals surface area contributed by atoms with Crippen LogP contribution >= 0.6 is 0 Å². The van der Waals surface area contributed by atoms with Crippen molar-refractivity contribution in [3.05, 3.63) is 35.4 Å². The van der Waals surface area contributed by atoms with Crippen LogP contribution in [0.25, 0.3) is 0 Å². The molecule has 2 atom stereocenters. The lowest BCUT2D eigenvalue weighted by molar-refractivity contribution is 0.254. The van der Waals surface area contributed by atoms with Gasteiger partial charge < -0.3 is 5.32 Å². The van der Waals surface area contributed by atoms with Gasteiger partial charge in [0.2, 0.25) is 0 Å². The Kier molecular flexibility index (Phi) is 3.77. The van der Waals surface area contributed by atoms with Gasteiger partial charge in [-0.15, -0.1) is 0 Å². The highest BCUT2D eigenvalue weighted by molar-refractivity contribution is 5.23. The summed E-state index contributed by atoms with van der Waals surface area (Å²) in [4.78, 5) is 0. The zero-order valence-electron chi connectivity index (χ0n) is 10.3. The zero-order chi connectivity index (χ0) is 12.4. The van der Waals surface area contributed by atoms with Crippen molar-refractivity contribution in [3.8, 4) is 0 Å². The van der Waals surface area contributed by atoms with E-state index in [0.29, 0.717) is 11.8 Å². The SMILES string of the molecule is CC(C)C1CNCCC1c1cc(F)cc(F)c1. The van der Waals surface area contributed by atoms with Gasteiger partial charge in [0.25, 0.3) is 0 Å². The van der Waals surface area contributed by atoms with Gasteiger partial charge in [-0.2, -0.15) is 0 Å². The minimum Gasteiger partial charge on any atom is -0.316 e. The summed E-state index contributed by atoms with van der Waals surface area (Å²) in [5, 5.41) is 3.36. The largest absolute Gasteiger partial charge is 0.316 e. The van der Waals surface area contributed by atoms with Crippen molar-refractivity contribution in [1.29, 1.82) is 0 Å². The lowest BCUT2D eigenvalue weighted by Crippen LogP contribution is -2.38. The predicted octanol–water partition coefficient (Wildman–Crippen LogP) is 3.31. The maximum absolute atomic E-state index is 13.3. The molecule has 0 radical (unpaired) electrons. The number of halogens is 2. The minimum atomic E-state index is -0.471. The van der Waals surface area contributed by atoms with Crippen LogP contribution in [-0.2, 0) is 0 Å². The third-order valence-electron chi connectivity index (χ3n) is 3.70. The first-order chi connectivity index (χ1) is 8.08. The smallest absolute Gasteiger partial charge is 0.126 e. The van der Waals surface area contributed by atoms with E-state index in [9.17, 15) is 8.78 Å². The van der Waals surface area contributed by atoms with Gasteiger partial charge in [0.1, 0.15) is 11.6 Å². The average Bonchev–Trinajstić information content (AvgIpc) is 2.27. The molecule has 1 aromatic rings. The Balaban J connectivity index is 2.29. The van der Waals surface area contributed by atoms with Crippen LogP contribution in [0, 0.1) is 23.5 Å². The summed E-state index contributed by atoms with van der Waals surface area (Å²) in [7, 11) is 0. The van der Waals surface area contributed by atoms with Gasteiger partial charge >= 0.3 is 0 Å². The molecule has 1 fully saturated rings. The second-order valence-electron chi connectivity index (χ2n) is 5.21. The number of nitrogens with one attached hydrogen (secondary N) is 1. The van der Waals surface area contributed by atoms with E-state index < -0.39 is 11.6 Å². The first-order valence-electron chi connectivity index (χ1n) is 6.24. The van der Waals surface area contributed by atoms with Crippen LogP contribution in [0.4, 0.5) is 8.78 Å². The molecule has 2 rings (SSSR count). The maximum Gasteiger partial charge on any atom is 0.126 e. The fourth-order valence-electron chi connectivity index (χ4n) is 2.79. The summed E-state index contributed by atoms with van der Waals surface area (Å²) in [5.74, 6) is 0.285. The highest BCUT2D eigenvalue weighted by atomic mass is 19.1. The van der Waals surface area contributed by atoms with E-state index in [1.54, 1.807) is 0 Å². The number of benzene rings is 1. The number of hydrogen-bond donors (Lipinski definition) is 1. The molecule has 1 saturated heterocycles. The van der Waals surface area contributed by atoms with Crippen LogP contribution in [0.15, 0.2) is 18.2 Å². The normalized spacial score (nSPS) is 25.2. The molecule has 17 heavy (non-hydrogen) atoms. The summed E-state index contributed by atoms with van der Waals surface area (Å²) in [6.07, 6.45) is 0.950. The summed E-state index contributed by atoms with van der Waals surface area (Å²) in [5.41, 5.74) is 0.808. The molecule has 2 unspecified atom stereocenters. The van der Waals surface area contributed by atoms with Crippen molar-refractivity contribution < 1.29 is 8.78 Å². The fraction of sp³-hybridized carbons (Fsp3) is 0.571. The monoisotopic (exact) mass is 239 g/mol. The van der Waals surface area contributed by atoms with Gasteiger partial charge in [-0.3, -0.25) is 0 Å². The lowest BCUT2D eigenvalue weighted by Gasteiger charge is -2.35. The molecular formula is C14H19F2N. The summed E-state index contributed by atoms with van der Waals surface area (Å²) in [6, 6.07) is 3.90. The van der Waals surface area contributed by atoms with E-state index in [1.807, 2.05) is 0 Å². The van der Waals surface area contributed by atoms with Gasteiger partial charge in [-0.05, 0) is 55.0 Å². The van der Waals surface area contributed by atoms with Gasteiger partial charge in [0, 0.05) is 6.07 Å². The molecule has 1 aliphatic heterocycles. The summed E-state index contributed by atoms with van der Waals surface area (Å²) >= 11 is 0. The molecule has 0 aromatic heterocycles. The Morgan fingerprint density at radius 1 is 1.18 bits per heavy atom. The number of piperidine rings is 1. The molecule has 0 bridgehead atoms. The van der Waals surface area contributed by atoms with Gasteiger partial charge in [0.15, 0.2) is 0 Å². The zero-order valence-corrected chi connectivity index (χ0v) is 10.3. The van der Waals surface area contributed by atoms with Gasteiger partial charge in [-0.25, -0.2) is 8.78 Å². The van der Waals surface area contributed by atoms with Crippen molar-refractivity contribution in [1.82, 2.24) is 5.32 Å². The molecule has 1 nitrogen and oxygen atoms in total. The quantitative estimate of drug-likeness (QED) is 0.835. The second-order valence-corrected chi connectivity index (χ2v) is 5.21. The van der Waals surface area contributed by atoms with Gasteiger partial charge in [-0.1, -0.05) is 13.8 Å². The molecule has 94 valence electrons. The first-order valence-corrected chi connectivity index (χ1v) is 6.24. The highest BCUT2D eigenvalue weighted by Gasteiger charge is 2.29. The summed E-state index contributed by atoms with van der Waals surface area (Å²) < 4.78 is 26.5. The second kappa shape index (κ2) is 5.13. The van der Waals surface area contributed by atoms with Crippen molar-refractivity contribution in [3.63, 3.8) is 0 Å². The van der Waals surface area contributed by atoms with E-state index in [4.69, 9.17) is 0 Å². The molecule has 1 heterocycles. The average molecular weight is 239 g/mol. The molecule has 0 saturated carbocycles. The highest BCUT2D eigenvalue weighted by Crippen LogP contribution is 2.35. The molecule has 1 N–H and O–H groups in total. The van der Waals surface area contributed by atoms with Crippen molar-refractivity contribution in [2.75, 3.05) is 13.1 Å². The van der Waals surface area contributed by atoms with Crippen molar-refractivity contribution in [2.45, 2.75) is 26.2 Å². The third kappa shape index (κ3) is 2.83. The van der Waals surface area contributed by atoms with E-state index in [1.165, 1.54) is 12.1 Å². The van der Waals surface area contributed by atoms with Crippen LogP contribution < -0.4 is 5.32 Å². The van der Waals surface area contributed by atoms with Crippen molar-refractivity contribution >= 4 is 0 Å². The first kappa shape index (κ1) is 12.5. The summed E-state index contributed by atoms with van der Waals surface area (Å²) in [6.45, 7) is 6.19. The van der Waals surface area contributed by atoms with E-state index in [-0.39, 0.29) is 5.92 Å². The Morgan fingerprint density at radius 2 is 1.82 bits per heavy atom. The Bertz CT molecular complexity index is 370. The molecule has 0 spiro atoms. The Morgan fingerprint density at radius 3 is 2.41 bits per heavy atom. The van der Waals surface area contributed by atoms with Crippen molar-refractivity contribution in [2.24, 2.45) is 11.8 Å². The van der Waals surface area contributed by atoms with E-state index in [0.717, 1.165) is 31.1 Å². The molecule has 1 aliphatic rings. The predicted molar refractivity (Wildman–Crippen MR) is 64.9 cm³/mol. The lowest BCUT2D eigenvalue weighted by atomic mass is 9.75.